The molecule has 0 unspecified atom stereocenters. The van der Waals surface area contributed by atoms with Gasteiger partial charge in [-0.2, -0.15) is 0 Å². The van der Waals surface area contributed by atoms with Gasteiger partial charge in [-0.25, -0.2) is 0 Å². The van der Waals surface area contributed by atoms with E-state index in [2.05, 4.69) is 0 Å². The monoisotopic (exact) mass is 280 g/mol. The van der Waals surface area contributed by atoms with E-state index < -0.39 is 0 Å². The number of halogens is 2. The Labute approximate surface area is 115 Å². The summed E-state index contributed by atoms with van der Waals surface area (Å²) in [6, 6.07) is 10.6. The van der Waals surface area contributed by atoms with Crippen molar-refractivity contribution in [1.29, 1.82) is 0 Å². The summed E-state index contributed by atoms with van der Waals surface area (Å²) in [5.41, 5.74) is 2.26. The van der Waals surface area contributed by atoms with Crippen LogP contribution in [0.4, 0.5) is 0 Å². The van der Waals surface area contributed by atoms with E-state index in [4.69, 9.17) is 27.9 Å². The Bertz CT molecular complexity index is 594. The maximum Gasteiger partial charge on any atom is 0.150 e. The topological polar surface area (TPSA) is 26.3 Å². The molecule has 0 bridgehead atoms. The maximum absolute atomic E-state index is 10.7. The van der Waals surface area contributed by atoms with Gasteiger partial charge < -0.3 is 4.74 Å². The third kappa shape index (κ3) is 2.50. The van der Waals surface area contributed by atoms with Crippen LogP contribution in [-0.4, -0.2) is 13.4 Å². The Morgan fingerprint density at radius 3 is 2.44 bits per heavy atom. The molecule has 2 aromatic rings. The summed E-state index contributed by atoms with van der Waals surface area (Å²) in [6.07, 6.45) is 0.762. The predicted octanol–water partition coefficient (Wildman–Crippen LogP) is 4.48. The van der Waals surface area contributed by atoms with Crippen LogP contribution < -0.4 is 4.74 Å². The lowest BCUT2D eigenvalue weighted by atomic mass is 10.0. The molecule has 2 rings (SSSR count). The second kappa shape index (κ2) is 5.42. The zero-order chi connectivity index (χ0) is 13.1. The Morgan fingerprint density at radius 2 is 1.83 bits per heavy atom. The van der Waals surface area contributed by atoms with E-state index >= 15 is 0 Å². The van der Waals surface area contributed by atoms with E-state index in [-0.39, 0.29) is 0 Å². The molecule has 0 saturated heterocycles. The number of carbonyl (C=O) groups excluding carboxylic acids is 1. The first-order valence-corrected chi connectivity index (χ1v) is 6.00. The third-order valence-corrected chi connectivity index (χ3v) is 3.22. The Hall–Kier alpha value is -1.51. The SMILES string of the molecule is COc1cc(-c2ccc(C=O)cc2Cl)ccc1Cl. The second-order valence-corrected chi connectivity index (χ2v) is 4.52. The number of rotatable bonds is 3. The van der Waals surface area contributed by atoms with Crippen molar-refractivity contribution < 1.29 is 9.53 Å². The standard InChI is InChI=1S/C14H10Cl2O2/c1-18-14-7-10(3-5-12(14)15)11-4-2-9(8-17)6-13(11)16/h2-8H,1H3. The van der Waals surface area contributed by atoms with Crippen LogP contribution in [0.2, 0.25) is 10.0 Å². The van der Waals surface area contributed by atoms with E-state index in [1.165, 1.54) is 0 Å². The average Bonchev–Trinajstić information content (AvgIpc) is 2.39. The van der Waals surface area contributed by atoms with Crippen LogP contribution in [0.3, 0.4) is 0 Å². The lowest BCUT2D eigenvalue weighted by Gasteiger charge is -2.08. The van der Waals surface area contributed by atoms with Gasteiger partial charge in [0.15, 0.2) is 0 Å². The van der Waals surface area contributed by atoms with Crippen LogP contribution in [-0.2, 0) is 0 Å². The third-order valence-electron chi connectivity index (χ3n) is 2.59. The van der Waals surface area contributed by atoms with Crippen molar-refractivity contribution >= 4 is 29.5 Å². The van der Waals surface area contributed by atoms with Crippen molar-refractivity contribution in [3.8, 4) is 16.9 Å². The number of benzene rings is 2. The minimum Gasteiger partial charge on any atom is -0.495 e. The van der Waals surface area contributed by atoms with Crippen LogP contribution in [0.15, 0.2) is 36.4 Å². The minimum atomic E-state index is 0.518. The molecule has 18 heavy (non-hydrogen) atoms. The normalized spacial score (nSPS) is 10.2. The molecule has 0 N–H and O–H groups in total. The highest BCUT2D eigenvalue weighted by atomic mass is 35.5. The van der Waals surface area contributed by atoms with Crippen molar-refractivity contribution in [2.75, 3.05) is 7.11 Å². The number of aldehydes is 1. The maximum atomic E-state index is 10.7. The first kappa shape index (κ1) is 12.9. The highest BCUT2D eigenvalue weighted by molar-refractivity contribution is 6.34. The molecule has 0 radical (unpaired) electrons. The van der Waals surface area contributed by atoms with Gasteiger partial charge in [-0.3, -0.25) is 4.79 Å². The van der Waals surface area contributed by atoms with Gasteiger partial charge in [0, 0.05) is 16.1 Å². The molecule has 0 aliphatic carbocycles. The second-order valence-electron chi connectivity index (χ2n) is 3.71. The van der Waals surface area contributed by atoms with E-state index in [0.717, 1.165) is 17.4 Å². The Balaban J connectivity index is 2.51. The molecule has 0 aromatic heterocycles. The summed E-state index contributed by atoms with van der Waals surface area (Å²) >= 11 is 12.1. The summed E-state index contributed by atoms with van der Waals surface area (Å²) in [6.45, 7) is 0. The molecule has 0 atom stereocenters. The van der Waals surface area contributed by atoms with Crippen molar-refractivity contribution in [1.82, 2.24) is 0 Å². The fraction of sp³-hybridized carbons (Fsp3) is 0.0714. The van der Waals surface area contributed by atoms with Gasteiger partial charge in [-0.15, -0.1) is 0 Å². The van der Waals surface area contributed by atoms with Crippen LogP contribution in [0.1, 0.15) is 10.4 Å². The van der Waals surface area contributed by atoms with E-state index in [1.54, 1.807) is 31.4 Å². The quantitative estimate of drug-likeness (QED) is 0.775. The van der Waals surface area contributed by atoms with Gasteiger partial charge in [0.25, 0.3) is 0 Å². The van der Waals surface area contributed by atoms with Crippen LogP contribution >= 0.6 is 23.2 Å². The molecule has 0 heterocycles. The van der Waals surface area contributed by atoms with Crippen LogP contribution in [0.5, 0.6) is 5.75 Å². The number of ether oxygens (including phenoxy) is 1. The van der Waals surface area contributed by atoms with Crippen molar-refractivity contribution in [3.63, 3.8) is 0 Å². The fourth-order valence-electron chi connectivity index (χ4n) is 1.67. The van der Waals surface area contributed by atoms with Gasteiger partial charge in [0.2, 0.25) is 0 Å². The van der Waals surface area contributed by atoms with E-state index in [0.29, 0.717) is 21.4 Å². The molecular weight excluding hydrogens is 271 g/mol. The van der Waals surface area contributed by atoms with E-state index in [9.17, 15) is 4.79 Å². The molecule has 0 amide bonds. The molecule has 2 nitrogen and oxygen atoms in total. The molecule has 0 spiro atoms. The van der Waals surface area contributed by atoms with Gasteiger partial charge in [0.1, 0.15) is 12.0 Å². The minimum absolute atomic E-state index is 0.518. The van der Waals surface area contributed by atoms with Gasteiger partial charge in [0.05, 0.1) is 12.1 Å². The Morgan fingerprint density at radius 1 is 1.06 bits per heavy atom. The van der Waals surface area contributed by atoms with Crippen LogP contribution in [0.25, 0.3) is 11.1 Å². The molecule has 0 saturated carbocycles. The number of hydrogen-bond acceptors (Lipinski definition) is 2. The molecular formula is C14H10Cl2O2. The highest BCUT2D eigenvalue weighted by Gasteiger charge is 2.08. The average molecular weight is 281 g/mol. The lowest BCUT2D eigenvalue weighted by Crippen LogP contribution is -1.87. The fourth-order valence-corrected chi connectivity index (χ4v) is 2.16. The Kier molecular flexibility index (Phi) is 3.90. The molecule has 0 aliphatic rings. The van der Waals surface area contributed by atoms with Crippen molar-refractivity contribution in [3.05, 3.63) is 52.0 Å². The largest absolute Gasteiger partial charge is 0.495 e. The van der Waals surface area contributed by atoms with Gasteiger partial charge in [-0.05, 0) is 23.8 Å². The predicted molar refractivity (Wildman–Crippen MR) is 73.8 cm³/mol. The van der Waals surface area contributed by atoms with E-state index in [1.807, 2.05) is 12.1 Å². The van der Waals surface area contributed by atoms with Crippen LogP contribution in [0, 0.1) is 0 Å². The molecule has 0 aliphatic heterocycles. The molecule has 92 valence electrons. The lowest BCUT2D eigenvalue weighted by molar-refractivity contribution is 0.112. The molecule has 4 heteroatoms. The summed E-state index contributed by atoms with van der Waals surface area (Å²) in [7, 11) is 1.56. The molecule has 2 aromatic carbocycles. The zero-order valence-electron chi connectivity index (χ0n) is 9.61. The smallest absolute Gasteiger partial charge is 0.150 e. The van der Waals surface area contributed by atoms with Gasteiger partial charge >= 0.3 is 0 Å². The first-order valence-electron chi connectivity index (χ1n) is 5.24. The summed E-state index contributed by atoms with van der Waals surface area (Å²) < 4.78 is 5.16. The number of methoxy groups -OCH3 is 1. The summed E-state index contributed by atoms with van der Waals surface area (Å²) in [5.74, 6) is 0.588. The summed E-state index contributed by atoms with van der Waals surface area (Å²) in [4.78, 5) is 10.7. The molecule has 0 fully saturated rings. The van der Waals surface area contributed by atoms with Gasteiger partial charge in [-0.1, -0.05) is 41.4 Å². The number of hydrogen-bond donors (Lipinski definition) is 0. The number of carbonyl (C=O) groups is 1. The zero-order valence-corrected chi connectivity index (χ0v) is 11.1. The van der Waals surface area contributed by atoms with Crippen molar-refractivity contribution in [2.45, 2.75) is 0 Å². The highest BCUT2D eigenvalue weighted by Crippen LogP contribution is 2.34. The first-order chi connectivity index (χ1) is 8.65. The summed E-state index contributed by atoms with van der Waals surface area (Å²) in [5, 5.41) is 1.06. The van der Waals surface area contributed by atoms with Crippen molar-refractivity contribution in [2.24, 2.45) is 0 Å².